The predicted molar refractivity (Wildman–Crippen MR) is 141 cm³/mol. The van der Waals surface area contributed by atoms with E-state index in [0.717, 1.165) is 28.2 Å². The highest BCUT2D eigenvalue weighted by molar-refractivity contribution is 6.30. The highest BCUT2D eigenvalue weighted by atomic mass is 35.5. The van der Waals surface area contributed by atoms with Gasteiger partial charge in [-0.1, -0.05) is 54.1 Å². The number of nitrogens with zero attached hydrogens (tertiary/aromatic N) is 3. The number of benzene rings is 3. The summed E-state index contributed by atoms with van der Waals surface area (Å²) in [5.74, 6) is -0.576. The Hall–Kier alpha value is -3.45. The molecule has 1 amide bonds. The van der Waals surface area contributed by atoms with Crippen LogP contribution in [0.4, 0.5) is 18.9 Å². The van der Waals surface area contributed by atoms with Crippen molar-refractivity contribution in [3.63, 3.8) is 0 Å². The Morgan fingerprint density at radius 3 is 2.41 bits per heavy atom. The Morgan fingerprint density at radius 1 is 0.946 bits per heavy atom. The number of anilines is 1. The van der Waals surface area contributed by atoms with Crippen molar-refractivity contribution in [2.24, 2.45) is 7.05 Å². The third-order valence-corrected chi connectivity index (χ3v) is 7.34. The van der Waals surface area contributed by atoms with Crippen molar-refractivity contribution in [1.82, 2.24) is 9.47 Å². The predicted octanol–water partition coefficient (Wildman–Crippen LogP) is 6.72. The molecule has 0 N–H and O–H groups in total. The number of para-hydroxylation sites is 1. The lowest BCUT2D eigenvalue weighted by Crippen LogP contribution is -2.49. The summed E-state index contributed by atoms with van der Waals surface area (Å²) >= 11 is 6.14. The summed E-state index contributed by atoms with van der Waals surface area (Å²) in [5, 5.41) is 1.60. The number of carbonyl (C=O) groups is 1. The zero-order valence-corrected chi connectivity index (χ0v) is 21.1. The number of fused-ring (bicyclic) bond motifs is 1. The number of alkyl halides is 3. The molecule has 1 unspecified atom stereocenters. The van der Waals surface area contributed by atoms with E-state index in [-0.39, 0.29) is 12.3 Å². The SMILES string of the molecule is Cn1cc(C(CC(=O)N2CCN(c3cccc(Cl)c3)CC2)c2cccc(C(F)(F)F)c2)c2ccccc21. The number of halogens is 4. The first-order valence-electron chi connectivity index (χ1n) is 12.2. The first kappa shape index (κ1) is 25.2. The smallest absolute Gasteiger partial charge is 0.368 e. The van der Waals surface area contributed by atoms with Gasteiger partial charge in [-0.25, -0.2) is 0 Å². The van der Waals surface area contributed by atoms with Gasteiger partial charge in [-0.2, -0.15) is 13.2 Å². The maximum absolute atomic E-state index is 13.6. The molecule has 1 aromatic heterocycles. The highest BCUT2D eigenvalue weighted by Crippen LogP contribution is 2.38. The van der Waals surface area contributed by atoms with Crippen LogP contribution in [0, 0.1) is 0 Å². The third-order valence-electron chi connectivity index (χ3n) is 7.10. The minimum atomic E-state index is -4.46. The van der Waals surface area contributed by atoms with Crippen molar-refractivity contribution in [3.8, 4) is 0 Å². The molecular weight excluding hydrogens is 499 g/mol. The molecule has 1 fully saturated rings. The Kier molecular flexibility index (Phi) is 6.90. The van der Waals surface area contributed by atoms with Crippen LogP contribution in [0.2, 0.25) is 5.02 Å². The van der Waals surface area contributed by atoms with Crippen molar-refractivity contribution in [2.75, 3.05) is 31.1 Å². The molecule has 5 rings (SSSR count). The van der Waals surface area contributed by atoms with Gasteiger partial charge in [-0.15, -0.1) is 0 Å². The molecule has 4 nitrogen and oxygen atoms in total. The van der Waals surface area contributed by atoms with Crippen LogP contribution in [0.25, 0.3) is 10.9 Å². The average Bonchev–Trinajstić information content (AvgIpc) is 3.23. The molecule has 3 aromatic carbocycles. The summed E-state index contributed by atoms with van der Waals surface area (Å²) in [6.45, 7) is 2.40. The third kappa shape index (κ3) is 5.32. The molecule has 0 aliphatic carbocycles. The largest absolute Gasteiger partial charge is 0.416 e. The maximum atomic E-state index is 13.6. The van der Waals surface area contributed by atoms with Crippen LogP contribution in [0.5, 0.6) is 0 Å². The van der Waals surface area contributed by atoms with Gasteiger partial charge in [0.25, 0.3) is 0 Å². The standard InChI is InChI=1S/C29H27ClF3N3O/c1-34-19-26(24-10-2-3-11-27(24)34)25(20-6-4-7-21(16-20)29(31,32)33)18-28(37)36-14-12-35(13-15-36)23-9-5-8-22(30)17-23/h2-11,16-17,19,25H,12-15,18H2,1H3. The number of aromatic nitrogens is 1. The number of carbonyl (C=O) groups excluding carboxylic acids is 1. The van der Waals surface area contributed by atoms with Gasteiger partial charge in [0.15, 0.2) is 0 Å². The fourth-order valence-electron chi connectivity index (χ4n) is 5.18. The molecule has 0 bridgehead atoms. The molecule has 1 aliphatic heterocycles. The summed E-state index contributed by atoms with van der Waals surface area (Å²) in [7, 11) is 1.91. The molecule has 4 aromatic rings. The highest BCUT2D eigenvalue weighted by Gasteiger charge is 2.32. The number of amides is 1. The second kappa shape index (κ2) is 10.1. The van der Waals surface area contributed by atoms with Crippen LogP contribution in [0.1, 0.15) is 29.0 Å². The van der Waals surface area contributed by atoms with Gasteiger partial charge in [0.05, 0.1) is 5.56 Å². The summed E-state index contributed by atoms with van der Waals surface area (Å²) in [5.41, 5.74) is 2.60. The molecule has 1 saturated heterocycles. The second-order valence-electron chi connectivity index (χ2n) is 9.44. The van der Waals surface area contributed by atoms with Gasteiger partial charge >= 0.3 is 6.18 Å². The zero-order valence-electron chi connectivity index (χ0n) is 20.4. The molecule has 0 saturated carbocycles. The van der Waals surface area contributed by atoms with E-state index in [9.17, 15) is 18.0 Å². The monoisotopic (exact) mass is 525 g/mol. The van der Waals surface area contributed by atoms with E-state index in [2.05, 4.69) is 4.90 Å². The molecular formula is C29H27ClF3N3O. The van der Waals surface area contributed by atoms with Gasteiger partial charge in [0.2, 0.25) is 5.91 Å². The van der Waals surface area contributed by atoms with E-state index in [1.807, 2.05) is 71.2 Å². The topological polar surface area (TPSA) is 28.5 Å². The Bertz CT molecular complexity index is 1420. The second-order valence-corrected chi connectivity index (χ2v) is 9.88. The van der Waals surface area contributed by atoms with E-state index in [0.29, 0.717) is 36.8 Å². The molecule has 2 heterocycles. The summed E-state index contributed by atoms with van der Waals surface area (Å²) in [4.78, 5) is 17.5. The maximum Gasteiger partial charge on any atom is 0.416 e. The molecule has 1 atom stereocenters. The first-order chi connectivity index (χ1) is 17.7. The van der Waals surface area contributed by atoms with Crippen molar-refractivity contribution in [1.29, 1.82) is 0 Å². The van der Waals surface area contributed by atoms with Gasteiger partial charge in [-0.05, 0) is 41.5 Å². The minimum Gasteiger partial charge on any atom is -0.368 e. The van der Waals surface area contributed by atoms with Gasteiger partial charge in [0, 0.05) is 73.4 Å². The van der Waals surface area contributed by atoms with E-state index >= 15 is 0 Å². The summed E-state index contributed by atoms with van der Waals surface area (Å²) < 4.78 is 42.6. The van der Waals surface area contributed by atoms with E-state index < -0.39 is 17.7 Å². The van der Waals surface area contributed by atoms with Crippen LogP contribution in [0.15, 0.2) is 79.0 Å². The van der Waals surface area contributed by atoms with Crippen LogP contribution in [-0.4, -0.2) is 41.6 Å². The lowest BCUT2D eigenvalue weighted by atomic mass is 9.87. The fourth-order valence-corrected chi connectivity index (χ4v) is 5.36. The van der Waals surface area contributed by atoms with Gasteiger partial charge < -0.3 is 14.4 Å². The van der Waals surface area contributed by atoms with E-state index in [1.165, 1.54) is 12.1 Å². The quantitative estimate of drug-likeness (QED) is 0.289. The lowest BCUT2D eigenvalue weighted by Gasteiger charge is -2.36. The lowest BCUT2D eigenvalue weighted by molar-refractivity contribution is -0.137. The molecule has 192 valence electrons. The molecule has 0 spiro atoms. The zero-order chi connectivity index (χ0) is 26.2. The average molecular weight is 526 g/mol. The number of piperazine rings is 1. The number of hydrogen-bond acceptors (Lipinski definition) is 2. The van der Waals surface area contributed by atoms with Crippen LogP contribution in [-0.2, 0) is 18.0 Å². The Balaban J connectivity index is 1.42. The number of aryl methyl sites for hydroxylation is 1. The molecule has 0 radical (unpaired) electrons. The first-order valence-corrected chi connectivity index (χ1v) is 12.6. The van der Waals surface area contributed by atoms with Crippen molar-refractivity contribution in [2.45, 2.75) is 18.5 Å². The van der Waals surface area contributed by atoms with E-state index in [4.69, 9.17) is 11.6 Å². The summed E-state index contributed by atoms with van der Waals surface area (Å²) in [6.07, 6.45) is -2.44. The minimum absolute atomic E-state index is 0.0684. The fraction of sp³-hybridized carbons (Fsp3) is 0.276. The normalized spacial score (nSPS) is 15.3. The molecule has 37 heavy (non-hydrogen) atoms. The Labute approximate surface area is 218 Å². The van der Waals surface area contributed by atoms with Crippen LogP contribution in [0.3, 0.4) is 0 Å². The van der Waals surface area contributed by atoms with Crippen LogP contribution < -0.4 is 4.90 Å². The summed E-state index contributed by atoms with van der Waals surface area (Å²) in [6, 6.07) is 20.7. The Morgan fingerprint density at radius 2 is 1.68 bits per heavy atom. The molecule has 1 aliphatic rings. The molecule has 8 heteroatoms. The van der Waals surface area contributed by atoms with Crippen molar-refractivity contribution in [3.05, 3.63) is 101 Å². The number of hydrogen-bond donors (Lipinski definition) is 0. The van der Waals surface area contributed by atoms with E-state index in [1.54, 1.807) is 6.07 Å². The van der Waals surface area contributed by atoms with Crippen LogP contribution >= 0.6 is 11.6 Å². The van der Waals surface area contributed by atoms with Crippen molar-refractivity contribution < 1.29 is 18.0 Å². The number of rotatable bonds is 5. The van der Waals surface area contributed by atoms with Gasteiger partial charge in [0.1, 0.15) is 0 Å². The van der Waals surface area contributed by atoms with Crippen molar-refractivity contribution >= 4 is 34.1 Å². The van der Waals surface area contributed by atoms with Gasteiger partial charge in [-0.3, -0.25) is 4.79 Å².